The van der Waals surface area contributed by atoms with E-state index in [-0.39, 0.29) is 0 Å². The first-order valence-electron chi connectivity index (χ1n) is 9.60. The number of morpholine rings is 1. The molecule has 6 nitrogen and oxygen atoms in total. The monoisotopic (exact) mass is 435 g/mol. The average Bonchev–Trinajstić information content (AvgIpc) is 2.68. The number of hydrogen-bond donors (Lipinski definition) is 0. The molecule has 2 saturated heterocycles. The summed E-state index contributed by atoms with van der Waals surface area (Å²) in [6.45, 7) is 6.06. The molecule has 0 radical (unpaired) electrons. The number of alkyl halides is 3. The van der Waals surface area contributed by atoms with Crippen molar-refractivity contribution in [1.29, 1.82) is 0 Å². The van der Waals surface area contributed by atoms with Crippen LogP contribution in [0.2, 0.25) is 5.02 Å². The minimum absolute atomic E-state index is 0.316. The first-order chi connectivity index (χ1) is 13.8. The first kappa shape index (κ1) is 22.0. The molecule has 0 aliphatic carbocycles. The topological polar surface area (TPSA) is 45.2 Å². The fourth-order valence-corrected chi connectivity index (χ4v) is 3.76. The van der Waals surface area contributed by atoms with Crippen LogP contribution in [0.4, 0.5) is 23.7 Å². The molecule has 1 amide bonds. The van der Waals surface area contributed by atoms with Gasteiger partial charge >= 0.3 is 12.3 Å². The number of halogens is 4. The van der Waals surface area contributed by atoms with Gasteiger partial charge in [0.25, 0.3) is 0 Å². The number of carbonyl (C=O) groups excluding carboxylic acids is 1. The molecule has 0 saturated carbocycles. The molecular weight excluding hydrogens is 411 g/mol. The van der Waals surface area contributed by atoms with Crippen LogP contribution in [0.25, 0.3) is 0 Å². The Morgan fingerprint density at radius 3 is 2.45 bits per heavy atom. The van der Waals surface area contributed by atoms with Gasteiger partial charge in [-0.3, -0.25) is 4.90 Å². The summed E-state index contributed by atoms with van der Waals surface area (Å²) < 4.78 is 47.7. The van der Waals surface area contributed by atoms with E-state index in [0.717, 1.165) is 31.3 Å². The van der Waals surface area contributed by atoms with Gasteiger partial charge in [-0.2, -0.15) is 13.2 Å². The number of benzene rings is 1. The SMILES string of the molecule is CC(OC(=O)N1CCN(Cc2cccc(Cl)c2N2CCOCC2)CC1)C(F)(F)F. The number of amides is 1. The molecule has 2 aliphatic rings. The van der Waals surface area contributed by atoms with E-state index < -0.39 is 18.4 Å². The number of piperazine rings is 1. The zero-order valence-corrected chi connectivity index (χ0v) is 17.0. The van der Waals surface area contributed by atoms with Crippen LogP contribution in [0.3, 0.4) is 0 Å². The smallest absolute Gasteiger partial charge is 0.425 e. The van der Waals surface area contributed by atoms with Gasteiger partial charge in [-0.25, -0.2) is 4.79 Å². The van der Waals surface area contributed by atoms with Crippen molar-refractivity contribution in [1.82, 2.24) is 9.80 Å². The highest BCUT2D eigenvalue weighted by atomic mass is 35.5. The Bertz CT molecular complexity index is 706. The Hall–Kier alpha value is -1.71. The van der Waals surface area contributed by atoms with Crippen LogP contribution >= 0.6 is 11.6 Å². The van der Waals surface area contributed by atoms with E-state index in [0.29, 0.717) is 51.0 Å². The van der Waals surface area contributed by atoms with Crippen molar-refractivity contribution in [3.63, 3.8) is 0 Å². The lowest BCUT2D eigenvalue weighted by molar-refractivity contribution is -0.200. The molecule has 162 valence electrons. The second-order valence-electron chi connectivity index (χ2n) is 7.18. The number of nitrogens with zero attached hydrogens (tertiary/aromatic N) is 3. The fraction of sp³-hybridized carbons (Fsp3) is 0.632. The average molecular weight is 436 g/mol. The van der Waals surface area contributed by atoms with Crippen LogP contribution < -0.4 is 4.90 Å². The van der Waals surface area contributed by atoms with Crippen LogP contribution in [0, 0.1) is 0 Å². The summed E-state index contributed by atoms with van der Waals surface area (Å²) in [6.07, 6.45) is -7.60. The lowest BCUT2D eigenvalue weighted by Crippen LogP contribution is -2.49. The summed E-state index contributed by atoms with van der Waals surface area (Å²) in [5.74, 6) is 0. The maximum Gasteiger partial charge on any atom is 0.425 e. The van der Waals surface area contributed by atoms with Crippen LogP contribution in [-0.4, -0.2) is 80.7 Å². The van der Waals surface area contributed by atoms with E-state index in [1.165, 1.54) is 4.90 Å². The summed E-state index contributed by atoms with van der Waals surface area (Å²) in [5, 5.41) is 0.688. The number of rotatable bonds is 4. The minimum Gasteiger partial charge on any atom is -0.437 e. The first-order valence-corrected chi connectivity index (χ1v) is 9.98. The zero-order chi connectivity index (χ0) is 21.0. The molecular formula is C19H25ClF3N3O3. The molecule has 10 heteroatoms. The van der Waals surface area contributed by atoms with Crippen molar-refractivity contribution >= 4 is 23.4 Å². The third kappa shape index (κ3) is 5.67. The van der Waals surface area contributed by atoms with Gasteiger partial charge in [0.1, 0.15) is 0 Å². The Morgan fingerprint density at radius 2 is 1.83 bits per heavy atom. The van der Waals surface area contributed by atoms with Crippen molar-refractivity contribution < 1.29 is 27.4 Å². The third-order valence-electron chi connectivity index (χ3n) is 5.16. The summed E-state index contributed by atoms with van der Waals surface area (Å²) >= 11 is 6.47. The van der Waals surface area contributed by atoms with E-state index in [9.17, 15) is 18.0 Å². The molecule has 29 heavy (non-hydrogen) atoms. The van der Waals surface area contributed by atoms with Crippen molar-refractivity contribution in [2.24, 2.45) is 0 Å². The number of para-hydroxylation sites is 1. The lowest BCUT2D eigenvalue weighted by atomic mass is 10.1. The van der Waals surface area contributed by atoms with Gasteiger partial charge in [0, 0.05) is 45.8 Å². The highest BCUT2D eigenvalue weighted by Crippen LogP contribution is 2.32. The second-order valence-corrected chi connectivity index (χ2v) is 7.58. The van der Waals surface area contributed by atoms with Gasteiger partial charge in [0.05, 0.1) is 23.9 Å². The molecule has 1 aromatic carbocycles. The lowest BCUT2D eigenvalue weighted by Gasteiger charge is -2.36. The van der Waals surface area contributed by atoms with Gasteiger partial charge < -0.3 is 19.3 Å². The van der Waals surface area contributed by atoms with Gasteiger partial charge in [-0.05, 0) is 18.6 Å². The fourth-order valence-electron chi connectivity index (χ4n) is 3.45. The molecule has 1 atom stereocenters. The van der Waals surface area contributed by atoms with E-state index in [1.54, 1.807) is 0 Å². The largest absolute Gasteiger partial charge is 0.437 e. The molecule has 2 aliphatic heterocycles. The third-order valence-corrected chi connectivity index (χ3v) is 5.47. The van der Waals surface area contributed by atoms with Crippen molar-refractivity contribution in [3.05, 3.63) is 28.8 Å². The van der Waals surface area contributed by atoms with Crippen LogP contribution in [-0.2, 0) is 16.0 Å². The quantitative estimate of drug-likeness (QED) is 0.725. The Balaban J connectivity index is 1.57. The second kappa shape index (κ2) is 9.40. The van der Waals surface area contributed by atoms with Gasteiger partial charge in [0.2, 0.25) is 0 Å². The predicted molar refractivity (Wildman–Crippen MR) is 103 cm³/mol. The number of carbonyl (C=O) groups is 1. The molecule has 1 aromatic rings. The van der Waals surface area contributed by atoms with Crippen LogP contribution in [0.1, 0.15) is 12.5 Å². The molecule has 2 heterocycles. The van der Waals surface area contributed by atoms with Gasteiger partial charge in [-0.1, -0.05) is 23.7 Å². The molecule has 3 rings (SSSR count). The van der Waals surface area contributed by atoms with E-state index in [1.807, 2.05) is 18.2 Å². The number of anilines is 1. The Kier molecular flexibility index (Phi) is 7.13. The van der Waals surface area contributed by atoms with Crippen LogP contribution in [0.5, 0.6) is 0 Å². The van der Waals surface area contributed by atoms with E-state index in [2.05, 4.69) is 14.5 Å². The Labute approximate surface area is 173 Å². The highest BCUT2D eigenvalue weighted by Gasteiger charge is 2.40. The standard InChI is InChI=1S/C19H25ClF3N3O3/c1-14(19(21,22)23)29-18(27)26-7-5-24(6-8-26)13-15-3-2-4-16(20)17(15)25-9-11-28-12-10-25/h2-4,14H,5-13H2,1H3. The maximum absolute atomic E-state index is 12.6. The van der Waals surface area contributed by atoms with Crippen molar-refractivity contribution in [3.8, 4) is 0 Å². The maximum atomic E-state index is 12.6. The van der Waals surface area contributed by atoms with Crippen molar-refractivity contribution in [2.45, 2.75) is 25.7 Å². The normalized spacial score (nSPS) is 19.9. The zero-order valence-electron chi connectivity index (χ0n) is 16.3. The van der Waals surface area contributed by atoms with E-state index in [4.69, 9.17) is 16.3 Å². The molecule has 0 N–H and O–H groups in total. The predicted octanol–water partition coefficient (Wildman–Crippen LogP) is 3.38. The highest BCUT2D eigenvalue weighted by molar-refractivity contribution is 6.33. The van der Waals surface area contributed by atoms with Crippen LogP contribution in [0.15, 0.2) is 18.2 Å². The number of hydrogen-bond acceptors (Lipinski definition) is 5. The van der Waals surface area contributed by atoms with Gasteiger partial charge in [-0.15, -0.1) is 0 Å². The van der Waals surface area contributed by atoms with E-state index >= 15 is 0 Å². The molecule has 0 aromatic heterocycles. The van der Waals surface area contributed by atoms with Crippen molar-refractivity contribution in [2.75, 3.05) is 57.4 Å². The van der Waals surface area contributed by atoms with Gasteiger partial charge in [0.15, 0.2) is 6.10 Å². The summed E-state index contributed by atoms with van der Waals surface area (Å²) in [7, 11) is 0. The summed E-state index contributed by atoms with van der Waals surface area (Å²) in [5.41, 5.74) is 2.08. The summed E-state index contributed by atoms with van der Waals surface area (Å²) in [6, 6.07) is 5.81. The molecule has 1 unspecified atom stereocenters. The summed E-state index contributed by atoms with van der Waals surface area (Å²) in [4.78, 5) is 17.7. The molecule has 0 spiro atoms. The number of ether oxygens (including phenoxy) is 2. The minimum atomic E-state index is -4.56. The Morgan fingerprint density at radius 1 is 1.17 bits per heavy atom. The molecule has 2 fully saturated rings. The molecule has 0 bridgehead atoms.